The van der Waals surface area contributed by atoms with E-state index in [0.717, 1.165) is 11.1 Å². The van der Waals surface area contributed by atoms with Crippen LogP contribution in [0.5, 0.6) is 0 Å². The summed E-state index contributed by atoms with van der Waals surface area (Å²) in [4.78, 5) is 36.8. The highest BCUT2D eigenvalue weighted by Crippen LogP contribution is 2.21. The number of rotatable bonds is 9. The highest BCUT2D eigenvalue weighted by atomic mass is 16.2. The molecule has 176 valence electrons. The molecule has 3 aromatic carbocycles. The van der Waals surface area contributed by atoms with Crippen LogP contribution in [0, 0.1) is 6.92 Å². The second-order valence-corrected chi connectivity index (χ2v) is 8.02. The van der Waals surface area contributed by atoms with Gasteiger partial charge in [-0.1, -0.05) is 49.4 Å². The number of anilines is 3. The third-order valence-corrected chi connectivity index (χ3v) is 5.34. The third-order valence-electron chi connectivity index (χ3n) is 5.34. The molecule has 0 aromatic heterocycles. The van der Waals surface area contributed by atoms with E-state index >= 15 is 0 Å². The molecular formula is C27H30N4O3. The van der Waals surface area contributed by atoms with E-state index in [9.17, 15) is 14.4 Å². The van der Waals surface area contributed by atoms with Gasteiger partial charge in [-0.25, -0.2) is 0 Å². The van der Waals surface area contributed by atoms with Crippen LogP contribution in [-0.4, -0.2) is 24.3 Å². The van der Waals surface area contributed by atoms with Crippen molar-refractivity contribution in [3.8, 4) is 0 Å². The molecule has 34 heavy (non-hydrogen) atoms. The van der Waals surface area contributed by atoms with E-state index in [2.05, 4.69) is 21.3 Å². The molecule has 0 bridgehead atoms. The molecular weight excluding hydrogens is 428 g/mol. The van der Waals surface area contributed by atoms with Crippen LogP contribution < -0.4 is 21.3 Å². The summed E-state index contributed by atoms with van der Waals surface area (Å²) in [5.74, 6) is -0.523. The minimum atomic E-state index is -0.246. The van der Waals surface area contributed by atoms with Gasteiger partial charge in [0.1, 0.15) is 0 Å². The first kappa shape index (κ1) is 24.5. The Morgan fingerprint density at radius 2 is 1.59 bits per heavy atom. The smallest absolute Gasteiger partial charge is 0.251 e. The highest BCUT2D eigenvalue weighted by Gasteiger charge is 2.12. The normalized spacial score (nSPS) is 11.3. The van der Waals surface area contributed by atoms with Crippen LogP contribution in [0.15, 0.2) is 72.8 Å². The highest BCUT2D eigenvalue weighted by molar-refractivity contribution is 5.97. The molecule has 0 heterocycles. The van der Waals surface area contributed by atoms with Gasteiger partial charge in [0.25, 0.3) is 5.91 Å². The molecule has 4 N–H and O–H groups in total. The Bertz CT molecular complexity index is 1160. The molecule has 0 aliphatic heterocycles. The van der Waals surface area contributed by atoms with Gasteiger partial charge in [0.05, 0.1) is 12.6 Å². The van der Waals surface area contributed by atoms with E-state index in [1.807, 2.05) is 50.2 Å². The first-order valence-electron chi connectivity index (χ1n) is 11.3. The predicted octanol–water partition coefficient (Wildman–Crippen LogP) is 4.89. The maximum Gasteiger partial charge on any atom is 0.251 e. The van der Waals surface area contributed by atoms with Gasteiger partial charge in [-0.3, -0.25) is 14.4 Å². The standard InChI is InChI=1S/C27H30N4O3/c1-4-25(32)31-24-16-23(14-13-18(24)2)30-26(33)17-28-22-12-8-11-21(15-22)27(34)29-19(3)20-9-6-5-7-10-20/h5-16,19,28H,4,17H2,1-3H3,(H,29,34)(H,30,33)(H,31,32). The molecule has 1 atom stereocenters. The maximum atomic E-state index is 12.7. The average molecular weight is 459 g/mol. The predicted molar refractivity (Wildman–Crippen MR) is 136 cm³/mol. The van der Waals surface area contributed by atoms with Crippen LogP contribution in [-0.2, 0) is 9.59 Å². The van der Waals surface area contributed by atoms with E-state index in [1.54, 1.807) is 43.3 Å². The van der Waals surface area contributed by atoms with Crippen molar-refractivity contribution < 1.29 is 14.4 Å². The fourth-order valence-electron chi connectivity index (χ4n) is 3.34. The molecule has 0 spiro atoms. The minimum Gasteiger partial charge on any atom is -0.376 e. The van der Waals surface area contributed by atoms with Gasteiger partial charge in [0.15, 0.2) is 0 Å². The van der Waals surface area contributed by atoms with E-state index in [4.69, 9.17) is 0 Å². The second kappa shape index (κ2) is 11.7. The summed E-state index contributed by atoms with van der Waals surface area (Å²) in [7, 11) is 0. The van der Waals surface area contributed by atoms with Gasteiger partial charge < -0.3 is 21.3 Å². The van der Waals surface area contributed by atoms with Crippen molar-refractivity contribution in [2.24, 2.45) is 0 Å². The maximum absolute atomic E-state index is 12.7. The van der Waals surface area contributed by atoms with Crippen molar-refractivity contribution in [2.45, 2.75) is 33.2 Å². The number of nitrogens with one attached hydrogen (secondary N) is 4. The Balaban J connectivity index is 1.56. The Hall–Kier alpha value is -4.13. The average Bonchev–Trinajstić information content (AvgIpc) is 2.85. The molecule has 3 amide bonds. The number of carbonyl (C=O) groups excluding carboxylic acids is 3. The molecule has 3 rings (SSSR count). The van der Waals surface area contributed by atoms with Crippen LogP contribution in [0.25, 0.3) is 0 Å². The van der Waals surface area contributed by atoms with Gasteiger partial charge in [-0.15, -0.1) is 0 Å². The van der Waals surface area contributed by atoms with Gasteiger partial charge in [-0.2, -0.15) is 0 Å². The van der Waals surface area contributed by atoms with E-state index in [0.29, 0.717) is 29.0 Å². The zero-order chi connectivity index (χ0) is 24.5. The van der Waals surface area contributed by atoms with Crippen molar-refractivity contribution in [3.05, 3.63) is 89.5 Å². The van der Waals surface area contributed by atoms with E-state index in [-0.39, 0.29) is 30.3 Å². The Morgan fingerprint density at radius 3 is 2.32 bits per heavy atom. The van der Waals surface area contributed by atoms with Gasteiger partial charge in [0.2, 0.25) is 11.8 Å². The topological polar surface area (TPSA) is 99.3 Å². The van der Waals surface area contributed by atoms with Crippen molar-refractivity contribution in [1.29, 1.82) is 0 Å². The van der Waals surface area contributed by atoms with Crippen molar-refractivity contribution in [1.82, 2.24) is 5.32 Å². The molecule has 7 nitrogen and oxygen atoms in total. The molecule has 1 unspecified atom stereocenters. The molecule has 0 aliphatic carbocycles. The lowest BCUT2D eigenvalue weighted by atomic mass is 10.1. The summed E-state index contributed by atoms with van der Waals surface area (Å²) < 4.78 is 0. The lowest BCUT2D eigenvalue weighted by molar-refractivity contribution is -0.116. The number of benzene rings is 3. The molecule has 3 aromatic rings. The largest absolute Gasteiger partial charge is 0.376 e. The van der Waals surface area contributed by atoms with Crippen molar-refractivity contribution >= 4 is 34.8 Å². The lowest BCUT2D eigenvalue weighted by Gasteiger charge is -2.15. The van der Waals surface area contributed by atoms with Gasteiger partial charge in [0, 0.05) is 29.0 Å². The molecule has 7 heteroatoms. The second-order valence-electron chi connectivity index (χ2n) is 8.02. The molecule has 0 saturated heterocycles. The Morgan fingerprint density at radius 1 is 0.824 bits per heavy atom. The Kier molecular flexibility index (Phi) is 8.40. The van der Waals surface area contributed by atoms with Crippen LogP contribution in [0.3, 0.4) is 0 Å². The van der Waals surface area contributed by atoms with Crippen molar-refractivity contribution in [3.63, 3.8) is 0 Å². The van der Waals surface area contributed by atoms with Crippen LogP contribution in [0.2, 0.25) is 0 Å². The minimum absolute atomic E-state index is 0.0238. The summed E-state index contributed by atoms with van der Waals surface area (Å²) in [5.41, 5.74) is 4.36. The number of hydrogen-bond donors (Lipinski definition) is 4. The van der Waals surface area contributed by atoms with Crippen LogP contribution in [0.4, 0.5) is 17.1 Å². The number of aryl methyl sites for hydroxylation is 1. The SMILES string of the molecule is CCC(=O)Nc1cc(NC(=O)CNc2cccc(C(=O)NC(C)c3ccccc3)c2)ccc1C. The summed E-state index contributed by atoms with van der Waals surface area (Å²) in [6, 6.07) is 22.0. The van der Waals surface area contributed by atoms with Crippen molar-refractivity contribution in [2.75, 3.05) is 22.5 Å². The summed E-state index contributed by atoms with van der Waals surface area (Å²) in [5, 5.41) is 11.7. The van der Waals surface area contributed by atoms with Crippen LogP contribution >= 0.6 is 0 Å². The van der Waals surface area contributed by atoms with Crippen LogP contribution in [0.1, 0.15) is 47.8 Å². The summed E-state index contributed by atoms with van der Waals surface area (Å²) in [6.45, 7) is 5.63. The fourth-order valence-corrected chi connectivity index (χ4v) is 3.34. The number of carbonyl (C=O) groups is 3. The zero-order valence-electron chi connectivity index (χ0n) is 19.6. The fraction of sp³-hybridized carbons (Fsp3) is 0.222. The first-order chi connectivity index (χ1) is 16.4. The molecule has 0 fully saturated rings. The first-order valence-corrected chi connectivity index (χ1v) is 11.3. The Labute approximate surface area is 200 Å². The van der Waals surface area contributed by atoms with E-state index in [1.165, 1.54) is 0 Å². The summed E-state index contributed by atoms with van der Waals surface area (Å²) in [6.07, 6.45) is 0.377. The van der Waals surface area contributed by atoms with Gasteiger partial charge >= 0.3 is 0 Å². The molecule has 0 aliphatic rings. The number of amides is 3. The zero-order valence-corrected chi connectivity index (χ0v) is 19.6. The lowest BCUT2D eigenvalue weighted by Crippen LogP contribution is -2.26. The number of hydrogen-bond acceptors (Lipinski definition) is 4. The third kappa shape index (κ3) is 6.93. The van der Waals surface area contributed by atoms with E-state index < -0.39 is 0 Å². The monoisotopic (exact) mass is 458 g/mol. The quantitative estimate of drug-likeness (QED) is 0.367. The summed E-state index contributed by atoms with van der Waals surface area (Å²) >= 11 is 0. The molecule has 0 saturated carbocycles. The van der Waals surface area contributed by atoms with Gasteiger partial charge in [-0.05, 0) is 55.3 Å². The molecule has 0 radical (unpaired) electrons.